The zero-order valence-corrected chi connectivity index (χ0v) is 19.0. The van der Waals surface area contributed by atoms with Gasteiger partial charge in [0.15, 0.2) is 0 Å². The summed E-state index contributed by atoms with van der Waals surface area (Å²) in [4.78, 5) is 0. The highest BCUT2D eigenvalue weighted by molar-refractivity contribution is 6.93. The Labute approximate surface area is 186 Å². The van der Waals surface area contributed by atoms with Gasteiger partial charge in [-0.3, -0.25) is 0 Å². The van der Waals surface area contributed by atoms with Crippen molar-refractivity contribution in [3.63, 3.8) is 0 Å². The molecule has 0 saturated heterocycles. The fraction of sp³-hybridized carbons (Fsp3) is 0.0667. The molecule has 0 fully saturated rings. The second kappa shape index (κ2) is 8.75. The molecule has 0 spiro atoms. The Bertz CT molecular complexity index is 1180. The van der Waals surface area contributed by atoms with Gasteiger partial charge in [0.05, 0.1) is 0 Å². The lowest BCUT2D eigenvalue weighted by atomic mass is 9.96. The molecule has 0 aromatic heterocycles. The summed E-state index contributed by atoms with van der Waals surface area (Å²) in [5.74, 6) is 0. The number of hydrogen-bond donors (Lipinski definition) is 0. The molecule has 150 valence electrons. The molecule has 1 aliphatic rings. The van der Waals surface area contributed by atoms with Crippen molar-refractivity contribution in [1.29, 1.82) is 0 Å². The monoisotopic (exact) mass is 414 g/mol. The lowest BCUT2D eigenvalue weighted by molar-refractivity contribution is 1.40. The van der Waals surface area contributed by atoms with Crippen LogP contribution >= 0.6 is 0 Å². The Kier molecular flexibility index (Phi) is 5.51. The van der Waals surface area contributed by atoms with E-state index >= 15 is 0 Å². The maximum atomic E-state index is 2.51. The van der Waals surface area contributed by atoms with Gasteiger partial charge in [-0.15, -0.1) is 0 Å². The zero-order chi connectivity index (χ0) is 21.0. The third-order valence-corrected chi connectivity index (χ3v) is 9.41. The average Bonchev–Trinajstić information content (AvgIpc) is 3.26. The minimum atomic E-state index is -1.60. The third-order valence-electron chi connectivity index (χ3n) is 6.16. The van der Waals surface area contributed by atoms with Crippen LogP contribution in [0.1, 0.15) is 23.1 Å². The third kappa shape index (κ3) is 3.97. The minimum absolute atomic E-state index is 0.992. The number of allylic oxidation sites excluding steroid dienone is 4. The quantitative estimate of drug-likeness (QED) is 0.361. The minimum Gasteiger partial charge on any atom is -0.0797 e. The van der Waals surface area contributed by atoms with Gasteiger partial charge in [-0.2, -0.15) is 0 Å². The van der Waals surface area contributed by atoms with Crippen LogP contribution in [0.25, 0.3) is 11.1 Å². The predicted octanol–water partition coefficient (Wildman–Crippen LogP) is 5.82. The first kappa shape index (κ1) is 19.5. The number of benzene rings is 4. The second-order valence-corrected chi connectivity index (χ2v) is 11.0. The lowest BCUT2D eigenvalue weighted by Gasteiger charge is -2.22. The molecule has 0 aliphatic heterocycles. The molecule has 4 aromatic carbocycles. The molecule has 0 nitrogen and oxygen atoms in total. The summed E-state index contributed by atoms with van der Waals surface area (Å²) in [5.41, 5.74) is 6.85. The summed E-state index contributed by atoms with van der Waals surface area (Å²) >= 11 is 0. The summed E-state index contributed by atoms with van der Waals surface area (Å²) in [6.45, 7) is 2.16. The van der Waals surface area contributed by atoms with Crippen LogP contribution in [0.3, 0.4) is 0 Å². The van der Waals surface area contributed by atoms with E-state index in [1.165, 1.54) is 38.2 Å². The first-order valence-electron chi connectivity index (χ1n) is 11.0. The normalized spacial score (nSPS) is 13.5. The van der Waals surface area contributed by atoms with Crippen LogP contribution in [0.4, 0.5) is 0 Å². The molecule has 1 heteroatoms. The van der Waals surface area contributed by atoms with Crippen LogP contribution in [0.2, 0.25) is 0 Å². The average molecular weight is 415 g/mol. The van der Waals surface area contributed by atoms with E-state index in [1.54, 1.807) is 5.20 Å². The van der Waals surface area contributed by atoms with Crippen LogP contribution in [0.5, 0.6) is 0 Å². The summed E-state index contributed by atoms with van der Waals surface area (Å²) in [6.07, 6.45) is 3.50. The summed E-state index contributed by atoms with van der Waals surface area (Å²) in [7, 11) is -1.60. The fourth-order valence-corrected chi connectivity index (χ4v) is 7.96. The van der Waals surface area contributed by atoms with E-state index in [2.05, 4.69) is 128 Å². The summed E-state index contributed by atoms with van der Waals surface area (Å²) in [5, 5.41) is 4.48. The molecular formula is C30H26Si. The Hall–Kier alpha value is -3.42. The maximum absolute atomic E-state index is 2.51. The van der Waals surface area contributed by atoms with E-state index in [0.717, 1.165) is 6.42 Å². The molecule has 0 bridgehead atoms. The van der Waals surface area contributed by atoms with Gasteiger partial charge in [-0.1, -0.05) is 137 Å². The highest BCUT2D eigenvalue weighted by Gasteiger charge is 2.29. The summed E-state index contributed by atoms with van der Waals surface area (Å²) < 4.78 is 0. The van der Waals surface area contributed by atoms with Gasteiger partial charge in [0.2, 0.25) is 0 Å². The maximum Gasteiger partial charge on any atom is 0.133 e. The van der Waals surface area contributed by atoms with Crippen molar-refractivity contribution in [2.45, 2.75) is 13.3 Å². The lowest BCUT2D eigenvalue weighted by Crippen LogP contribution is -2.44. The van der Waals surface area contributed by atoms with E-state index < -0.39 is 8.80 Å². The summed E-state index contributed by atoms with van der Waals surface area (Å²) in [6, 6.07) is 42.2. The number of aryl methyl sites for hydroxylation is 1. The van der Waals surface area contributed by atoms with Crippen LogP contribution in [-0.4, -0.2) is 8.80 Å². The molecule has 0 radical (unpaired) electrons. The molecule has 31 heavy (non-hydrogen) atoms. The molecule has 0 saturated carbocycles. The van der Waals surface area contributed by atoms with Crippen molar-refractivity contribution < 1.29 is 0 Å². The molecule has 4 aromatic rings. The van der Waals surface area contributed by atoms with Crippen LogP contribution < -0.4 is 10.4 Å². The topological polar surface area (TPSA) is 0 Å². The predicted molar refractivity (Wildman–Crippen MR) is 136 cm³/mol. The van der Waals surface area contributed by atoms with Crippen LogP contribution in [0, 0.1) is 6.92 Å². The van der Waals surface area contributed by atoms with Crippen molar-refractivity contribution in [3.8, 4) is 0 Å². The van der Waals surface area contributed by atoms with E-state index in [4.69, 9.17) is 0 Å². The SMILES string of the molecule is Cc1ccc(C2=C(c3ccccc3)C([SiH](c3ccccc3)c3ccccc3)=CC2)cc1. The fourth-order valence-electron chi connectivity index (χ4n) is 4.66. The van der Waals surface area contributed by atoms with Crippen molar-refractivity contribution in [1.82, 2.24) is 0 Å². The highest BCUT2D eigenvalue weighted by atomic mass is 28.3. The Balaban J connectivity index is 1.71. The van der Waals surface area contributed by atoms with E-state index in [-0.39, 0.29) is 0 Å². The highest BCUT2D eigenvalue weighted by Crippen LogP contribution is 2.41. The molecule has 0 N–H and O–H groups in total. The van der Waals surface area contributed by atoms with Crippen molar-refractivity contribution in [3.05, 3.63) is 143 Å². The van der Waals surface area contributed by atoms with Gasteiger partial charge in [0, 0.05) is 0 Å². The number of hydrogen-bond acceptors (Lipinski definition) is 0. The Morgan fingerprint density at radius 3 is 1.61 bits per heavy atom. The molecule has 5 rings (SSSR count). The van der Waals surface area contributed by atoms with E-state index in [0.29, 0.717) is 0 Å². The van der Waals surface area contributed by atoms with Gasteiger partial charge >= 0.3 is 0 Å². The van der Waals surface area contributed by atoms with Crippen LogP contribution in [0.15, 0.2) is 127 Å². The smallest absolute Gasteiger partial charge is 0.0797 e. The largest absolute Gasteiger partial charge is 0.133 e. The van der Waals surface area contributed by atoms with E-state index in [1.807, 2.05) is 0 Å². The molecule has 0 heterocycles. The van der Waals surface area contributed by atoms with Crippen molar-refractivity contribution in [2.24, 2.45) is 0 Å². The molecule has 1 aliphatic carbocycles. The number of rotatable bonds is 5. The second-order valence-electron chi connectivity index (χ2n) is 8.20. The molecule has 0 atom stereocenters. The molecule has 0 amide bonds. The van der Waals surface area contributed by atoms with Gasteiger partial charge in [-0.05, 0) is 40.8 Å². The standard InChI is InChI=1S/C30H26Si/c1-23-17-19-24(20-18-23)28-21-22-29(30(28)25-11-5-2-6-12-25)31(26-13-7-3-8-14-26)27-15-9-4-10-16-27/h2-20,22,31H,21H2,1H3. The zero-order valence-electron chi connectivity index (χ0n) is 17.8. The Morgan fingerprint density at radius 2 is 1.06 bits per heavy atom. The molecule has 0 unspecified atom stereocenters. The first-order chi connectivity index (χ1) is 15.3. The molecular weight excluding hydrogens is 388 g/mol. The van der Waals surface area contributed by atoms with E-state index in [9.17, 15) is 0 Å². The first-order valence-corrected chi connectivity index (χ1v) is 12.7. The van der Waals surface area contributed by atoms with Gasteiger partial charge in [0.1, 0.15) is 8.80 Å². The van der Waals surface area contributed by atoms with Gasteiger partial charge in [-0.25, -0.2) is 0 Å². The Morgan fingerprint density at radius 1 is 0.548 bits per heavy atom. The van der Waals surface area contributed by atoms with Crippen molar-refractivity contribution in [2.75, 3.05) is 0 Å². The van der Waals surface area contributed by atoms with Gasteiger partial charge in [0.25, 0.3) is 0 Å². The van der Waals surface area contributed by atoms with Crippen molar-refractivity contribution >= 4 is 30.3 Å². The van der Waals surface area contributed by atoms with Crippen LogP contribution in [-0.2, 0) is 0 Å². The van der Waals surface area contributed by atoms with Gasteiger partial charge < -0.3 is 0 Å².